The van der Waals surface area contributed by atoms with E-state index in [1.807, 2.05) is 31.2 Å². The molecule has 0 aliphatic heterocycles. The Balaban J connectivity index is 2.22. The zero-order valence-electron chi connectivity index (χ0n) is 10.3. The first-order valence-electron chi connectivity index (χ1n) is 5.67. The van der Waals surface area contributed by atoms with Crippen molar-refractivity contribution in [1.82, 2.24) is 5.16 Å². The first kappa shape index (κ1) is 12.3. The molecule has 5 nitrogen and oxygen atoms in total. The molecule has 94 valence electrons. The minimum Gasteiger partial charge on any atom is -0.361 e. The number of carbonyl (C=O) groups excluding carboxylic acids is 1. The van der Waals surface area contributed by atoms with Gasteiger partial charge in [-0.1, -0.05) is 23.4 Å². The number of carbonyl (C=O) groups is 1. The second-order valence-corrected chi connectivity index (χ2v) is 4.15. The van der Waals surface area contributed by atoms with Crippen LogP contribution in [0.3, 0.4) is 0 Å². The number of benzene rings is 1. The molecule has 0 saturated heterocycles. The van der Waals surface area contributed by atoms with Gasteiger partial charge in [0.05, 0.1) is 0 Å². The Morgan fingerprint density at radius 3 is 2.78 bits per heavy atom. The molecule has 0 aliphatic rings. The number of nitrogens with zero attached hydrogens (tertiary/aromatic N) is 1. The van der Waals surface area contributed by atoms with Gasteiger partial charge in [-0.2, -0.15) is 0 Å². The van der Waals surface area contributed by atoms with Crippen LogP contribution < -0.4 is 11.1 Å². The van der Waals surface area contributed by atoms with Crippen LogP contribution in [0.5, 0.6) is 0 Å². The van der Waals surface area contributed by atoms with Gasteiger partial charge >= 0.3 is 0 Å². The maximum atomic E-state index is 11.9. The Hall–Kier alpha value is -2.14. The highest BCUT2D eigenvalue weighted by atomic mass is 16.5. The molecule has 5 heteroatoms. The number of nitrogens with two attached hydrogens (primary N) is 1. The molecule has 0 spiro atoms. The summed E-state index contributed by atoms with van der Waals surface area (Å²) < 4.78 is 4.87. The van der Waals surface area contributed by atoms with Gasteiger partial charge in [0.2, 0.25) is 0 Å². The quantitative estimate of drug-likeness (QED) is 0.869. The van der Waals surface area contributed by atoms with E-state index < -0.39 is 0 Å². The van der Waals surface area contributed by atoms with E-state index in [9.17, 15) is 4.79 Å². The average molecular weight is 245 g/mol. The van der Waals surface area contributed by atoms with Crippen LogP contribution in [0.1, 0.15) is 34.8 Å². The largest absolute Gasteiger partial charge is 0.361 e. The van der Waals surface area contributed by atoms with Gasteiger partial charge in [0.15, 0.2) is 5.69 Å². The van der Waals surface area contributed by atoms with Gasteiger partial charge < -0.3 is 15.6 Å². The second kappa shape index (κ2) is 5.01. The zero-order valence-corrected chi connectivity index (χ0v) is 10.3. The molecule has 1 amide bonds. The van der Waals surface area contributed by atoms with Gasteiger partial charge in [0.1, 0.15) is 5.76 Å². The molecule has 1 aromatic heterocycles. The molecule has 3 N–H and O–H groups in total. The Bertz CT molecular complexity index is 561. The van der Waals surface area contributed by atoms with Gasteiger partial charge in [0, 0.05) is 17.8 Å². The van der Waals surface area contributed by atoms with Crippen molar-refractivity contribution in [1.29, 1.82) is 0 Å². The lowest BCUT2D eigenvalue weighted by molar-refractivity contribution is 0.101. The van der Waals surface area contributed by atoms with E-state index in [1.165, 1.54) is 0 Å². The van der Waals surface area contributed by atoms with Gasteiger partial charge in [-0.15, -0.1) is 0 Å². The fourth-order valence-electron chi connectivity index (χ4n) is 1.67. The van der Waals surface area contributed by atoms with Crippen LogP contribution in [0.25, 0.3) is 0 Å². The van der Waals surface area contributed by atoms with E-state index in [0.29, 0.717) is 11.4 Å². The molecule has 0 bridgehead atoms. The van der Waals surface area contributed by atoms with Crippen molar-refractivity contribution in [2.75, 3.05) is 5.32 Å². The zero-order chi connectivity index (χ0) is 13.1. The van der Waals surface area contributed by atoms with Crippen LogP contribution in [0.4, 0.5) is 5.69 Å². The molecular weight excluding hydrogens is 230 g/mol. The number of para-hydroxylation sites is 1. The van der Waals surface area contributed by atoms with Gasteiger partial charge in [-0.05, 0) is 25.5 Å². The van der Waals surface area contributed by atoms with Crippen LogP contribution in [0, 0.1) is 6.92 Å². The molecule has 1 aromatic carbocycles. The highest BCUT2D eigenvalue weighted by Gasteiger charge is 2.13. The molecule has 0 saturated carbocycles. The first-order chi connectivity index (χ1) is 8.58. The highest BCUT2D eigenvalue weighted by molar-refractivity contribution is 6.03. The summed E-state index contributed by atoms with van der Waals surface area (Å²) in [6, 6.07) is 8.85. The Morgan fingerprint density at radius 2 is 2.17 bits per heavy atom. The number of hydrogen-bond donors (Lipinski definition) is 2. The summed E-state index contributed by atoms with van der Waals surface area (Å²) in [6.45, 7) is 3.60. The minimum absolute atomic E-state index is 0.152. The number of rotatable bonds is 3. The van der Waals surface area contributed by atoms with E-state index in [2.05, 4.69) is 10.5 Å². The monoisotopic (exact) mass is 245 g/mol. The van der Waals surface area contributed by atoms with Crippen LogP contribution in [-0.2, 0) is 0 Å². The van der Waals surface area contributed by atoms with Crippen molar-refractivity contribution in [3.8, 4) is 0 Å². The molecule has 1 atom stereocenters. The maximum Gasteiger partial charge on any atom is 0.277 e. The highest BCUT2D eigenvalue weighted by Crippen LogP contribution is 2.21. The van der Waals surface area contributed by atoms with E-state index >= 15 is 0 Å². The van der Waals surface area contributed by atoms with Gasteiger partial charge in [-0.25, -0.2) is 0 Å². The van der Waals surface area contributed by atoms with Crippen LogP contribution in [0.15, 0.2) is 34.9 Å². The first-order valence-corrected chi connectivity index (χ1v) is 5.67. The molecule has 18 heavy (non-hydrogen) atoms. The summed E-state index contributed by atoms with van der Waals surface area (Å²) in [4.78, 5) is 11.9. The second-order valence-electron chi connectivity index (χ2n) is 4.15. The van der Waals surface area contributed by atoms with E-state index in [-0.39, 0.29) is 17.6 Å². The average Bonchev–Trinajstić information content (AvgIpc) is 2.76. The number of hydrogen-bond acceptors (Lipinski definition) is 4. The normalized spacial score (nSPS) is 12.2. The number of anilines is 1. The SMILES string of the molecule is Cc1cc(C(=O)Nc2ccccc2C(C)N)no1. The predicted octanol–water partition coefficient (Wildman–Crippen LogP) is 2.26. The molecule has 0 fully saturated rings. The van der Waals surface area contributed by atoms with Gasteiger partial charge in [0.25, 0.3) is 5.91 Å². The fourth-order valence-corrected chi connectivity index (χ4v) is 1.67. The van der Waals surface area contributed by atoms with E-state index in [0.717, 1.165) is 5.56 Å². The molecule has 2 aromatic rings. The summed E-state index contributed by atoms with van der Waals surface area (Å²) >= 11 is 0. The molecule has 0 aliphatic carbocycles. The number of aryl methyl sites for hydroxylation is 1. The summed E-state index contributed by atoms with van der Waals surface area (Å²) in [5.74, 6) is 0.292. The summed E-state index contributed by atoms with van der Waals surface area (Å²) in [6.07, 6.45) is 0. The van der Waals surface area contributed by atoms with Crippen LogP contribution in [-0.4, -0.2) is 11.1 Å². The fraction of sp³-hybridized carbons (Fsp3) is 0.231. The predicted molar refractivity (Wildman–Crippen MR) is 68.2 cm³/mol. The Kier molecular flexibility index (Phi) is 3.43. The summed E-state index contributed by atoms with van der Waals surface area (Å²) in [5.41, 5.74) is 7.68. The lowest BCUT2D eigenvalue weighted by atomic mass is 10.1. The Morgan fingerprint density at radius 1 is 1.44 bits per heavy atom. The molecule has 1 heterocycles. The third kappa shape index (κ3) is 2.57. The molecule has 1 unspecified atom stereocenters. The third-order valence-electron chi connectivity index (χ3n) is 2.56. The van der Waals surface area contributed by atoms with Gasteiger partial charge in [-0.3, -0.25) is 4.79 Å². The lowest BCUT2D eigenvalue weighted by Crippen LogP contribution is -2.16. The standard InChI is InChI=1S/C13H15N3O2/c1-8-7-12(16-18-8)13(17)15-11-6-4-3-5-10(11)9(2)14/h3-7,9H,14H2,1-2H3,(H,15,17). The summed E-state index contributed by atoms with van der Waals surface area (Å²) in [5, 5.41) is 6.45. The number of amides is 1. The van der Waals surface area contributed by atoms with Crippen LogP contribution in [0.2, 0.25) is 0 Å². The maximum absolute atomic E-state index is 11.9. The van der Waals surface area contributed by atoms with Crippen molar-refractivity contribution in [2.24, 2.45) is 5.73 Å². The van der Waals surface area contributed by atoms with Crippen molar-refractivity contribution in [3.63, 3.8) is 0 Å². The van der Waals surface area contributed by atoms with Crippen molar-refractivity contribution in [2.45, 2.75) is 19.9 Å². The molecule has 0 radical (unpaired) electrons. The molecule has 2 rings (SSSR count). The number of nitrogens with one attached hydrogen (secondary N) is 1. The smallest absolute Gasteiger partial charge is 0.277 e. The molecular formula is C13H15N3O2. The Labute approximate surface area is 105 Å². The number of aromatic nitrogens is 1. The topological polar surface area (TPSA) is 81.2 Å². The van der Waals surface area contributed by atoms with E-state index in [1.54, 1.807) is 13.0 Å². The van der Waals surface area contributed by atoms with Crippen molar-refractivity contribution >= 4 is 11.6 Å². The minimum atomic E-state index is -0.306. The van der Waals surface area contributed by atoms with Crippen molar-refractivity contribution in [3.05, 3.63) is 47.3 Å². The van der Waals surface area contributed by atoms with E-state index in [4.69, 9.17) is 10.3 Å². The third-order valence-corrected chi connectivity index (χ3v) is 2.56. The summed E-state index contributed by atoms with van der Waals surface area (Å²) in [7, 11) is 0. The lowest BCUT2D eigenvalue weighted by Gasteiger charge is -2.12. The van der Waals surface area contributed by atoms with Crippen LogP contribution >= 0.6 is 0 Å². The van der Waals surface area contributed by atoms with Crippen molar-refractivity contribution < 1.29 is 9.32 Å².